The van der Waals surface area contributed by atoms with Gasteiger partial charge in [-0.15, -0.1) is 0 Å². The van der Waals surface area contributed by atoms with E-state index in [1.807, 2.05) is 30.3 Å². The van der Waals surface area contributed by atoms with Crippen molar-refractivity contribution in [3.8, 4) is 17.1 Å². The van der Waals surface area contributed by atoms with Gasteiger partial charge in [0.2, 0.25) is 5.69 Å². The van der Waals surface area contributed by atoms with Gasteiger partial charge in [-0.2, -0.15) is 10.2 Å². The van der Waals surface area contributed by atoms with Crippen LogP contribution in [0.5, 0.6) is 5.75 Å². The summed E-state index contributed by atoms with van der Waals surface area (Å²) in [5.74, 6) is -0.613. The lowest BCUT2D eigenvalue weighted by atomic mass is 10.3. The van der Waals surface area contributed by atoms with Gasteiger partial charge in [0.05, 0.1) is 24.2 Å². The number of halogens is 1. The number of carbonyl (C=O) groups is 1. The van der Waals surface area contributed by atoms with E-state index in [1.54, 1.807) is 46.9 Å². The third-order valence-electron chi connectivity index (χ3n) is 4.26. The maximum atomic E-state index is 13.4. The average molecular weight is 406 g/mol. The molecule has 0 fully saturated rings. The normalized spacial score (nSPS) is 10.7. The third-order valence-corrected chi connectivity index (χ3v) is 4.26. The van der Waals surface area contributed by atoms with E-state index in [2.05, 4.69) is 10.2 Å². The third kappa shape index (κ3) is 4.22. The van der Waals surface area contributed by atoms with Crippen molar-refractivity contribution in [1.29, 1.82) is 0 Å². The minimum Gasteiger partial charge on any atom is -0.483 e. The maximum absolute atomic E-state index is 13.4. The zero-order valence-corrected chi connectivity index (χ0v) is 16.2. The first-order chi connectivity index (χ1) is 14.6. The van der Waals surface area contributed by atoms with Gasteiger partial charge < -0.3 is 9.47 Å². The summed E-state index contributed by atoms with van der Waals surface area (Å²) in [4.78, 5) is 12.3. The fourth-order valence-electron chi connectivity index (χ4n) is 2.87. The number of esters is 1. The molecule has 0 aliphatic heterocycles. The van der Waals surface area contributed by atoms with Crippen LogP contribution in [0, 0.1) is 5.82 Å². The SMILES string of the molecule is CCOC(=O)c1nn(-c2ccccc2)cc1OCc1ccn(-c2cccc(F)c2)n1. The molecule has 0 aliphatic carbocycles. The van der Waals surface area contributed by atoms with Crippen LogP contribution in [0.4, 0.5) is 4.39 Å². The van der Waals surface area contributed by atoms with E-state index >= 15 is 0 Å². The van der Waals surface area contributed by atoms with Crippen LogP contribution in [0.1, 0.15) is 23.1 Å². The van der Waals surface area contributed by atoms with Crippen LogP contribution in [0.2, 0.25) is 0 Å². The topological polar surface area (TPSA) is 71.2 Å². The molecule has 0 atom stereocenters. The number of benzene rings is 2. The second-order valence-electron chi connectivity index (χ2n) is 6.36. The number of carbonyl (C=O) groups excluding carboxylic acids is 1. The molecule has 0 amide bonds. The van der Waals surface area contributed by atoms with Gasteiger partial charge in [0.1, 0.15) is 18.1 Å². The van der Waals surface area contributed by atoms with Crippen LogP contribution < -0.4 is 4.74 Å². The van der Waals surface area contributed by atoms with E-state index in [0.717, 1.165) is 5.69 Å². The number of hydrogen-bond acceptors (Lipinski definition) is 5. The van der Waals surface area contributed by atoms with Gasteiger partial charge in [0.15, 0.2) is 5.75 Å². The van der Waals surface area contributed by atoms with Crippen molar-refractivity contribution in [3.63, 3.8) is 0 Å². The van der Waals surface area contributed by atoms with Gasteiger partial charge in [-0.3, -0.25) is 0 Å². The summed E-state index contributed by atoms with van der Waals surface area (Å²) in [7, 11) is 0. The van der Waals surface area contributed by atoms with Gasteiger partial charge in [-0.05, 0) is 43.3 Å². The van der Waals surface area contributed by atoms with Crippen LogP contribution in [-0.2, 0) is 11.3 Å². The van der Waals surface area contributed by atoms with E-state index < -0.39 is 5.97 Å². The Bertz CT molecular complexity index is 1150. The molecule has 4 aromatic rings. The Kier molecular flexibility index (Phi) is 5.56. The molecule has 30 heavy (non-hydrogen) atoms. The molecule has 2 heterocycles. The van der Waals surface area contributed by atoms with Crippen molar-refractivity contribution in [2.24, 2.45) is 0 Å². The lowest BCUT2D eigenvalue weighted by molar-refractivity contribution is 0.0514. The van der Waals surface area contributed by atoms with Crippen molar-refractivity contribution >= 4 is 5.97 Å². The Balaban J connectivity index is 1.55. The molecule has 0 bridgehead atoms. The monoisotopic (exact) mass is 406 g/mol. The smallest absolute Gasteiger partial charge is 0.362 e. The minimum atomic E-state index is -0.563. The molecule has 0 spiro atoms. The lowest BCUT2D eigenvalue weighted by Gasteiger charge is -2.04. The van der Waals surface area contributed by atoms with Gasteiger partial charge in [-0.25, -0.2) is 18.5 Å². The number of ether oxygens (including phenoxy) is 2. The largest absolute Gasteiger partial charge is 0.483 e. The van der Waals surface area contributed by atoms with E-state index in [1.165, 1.54) is 12.1 Å². The fraction of sp³-hybridized carbons (Fsp3) is 0.136. The van der Waals surface area contributed by atoms with Crippen molar-refractivity contribution in [1.82, 2.24) is 19.6 Å². The molecule has 0 saturated heterocycles. The standard InChI is InChI=1S/C22H19FN4O3/c1-2-29-22(28)21-20(14-27(25-21)18-8-4-3-5-9-18)30-15-17-11-12-26(24-17)19-10-6-7-16(23)13-19/h3-14H,2,15H2,1H3. The molecule has 2 aromatic carbocycles. The summed E-state index contributed by atoms with van der Waals surface area (Å²) in [5.41, 5.74) is 2.09. The highest BCUT2D eigenvalue weighted by atomic mass is 19.1. The Morgan fingerprint density at radius 2 is 1.80 bits per heavy atom. The number of para-hydroxylation sites is 1. The molecule has 0 N–H and O–H groups in total. The lowest BCUT2D eigenvalue weighted by Crippen LogP contribution is -2.08. The van der Waals surface area contributed by atoms with Gasteiger partial charge in [0, 0.05) is 6.20 Å². The van der Waals surface area contributed by atoms with Crippen LogP contribution in [0.25, 0.3) is 11.4 Å². The quantitative estimate of drug-likeness (QED) is 0.435. The fourth-order valence-corrected chi connectivity index (χ4v) is 2.87. The molecular weight excluding hydrogens is 387 g/mol. The Morgan fingerprint density at radius 1 is 1.00 bits per heavy atom. The number of nitrogens with zero attached hydrogens (tertiary/aromatic N) is 4. The first-order valence-corrected chi connectivity index (χ1v) is 9.39. The van der Waals surface area contributed by atoms with Gasteiger partial charge >= 0.3 is 5.97 Å². The van der Waals surface area contributed by atoms with Crippen LogP contribution in [0.3, 0.4) is 0 Å². The average Bonchev–Trinajstić information content (AvgIpc) is 3.40. The van der Waals surface area contributed by atoms with E-state index in [0.29, 0.717) is 11.4 Å². The molecule has 0 saturated carbocycles. The summed E-state index contributed by atoms with van der Waals surface area (Å²) in [6.07, 6.45) is 3.35. The summed E-state index contributed by atoms with van der Waals surface area (Å²) in [6.45, 7) is 2.06. The van der Waals surface area contributed by atoms with Crippen molar-refractivity contribution in [2.45, 2.75) is 13.5 Å². The molecule has 7 nitrogen and oxygen atoms in total. The molecule has 0 aliphatic rings. The number of rotatable bonds is 7. The highest BCUT2D eigenvalue weighted by Gasteiger charge is 2.20. The maximum Gasteiger partial charge on any atom is 0.362 e. The first kappa shape index (κ1) is 19.4. The van der Waals surface area contributed by atoms with E-state index in [-0.39, 0.29) is 30.5 Å². The van der Waals surface area contributed by atoms with Crippen molar-refractivity contribution in [2.75, 3.05) is 6.61 Å². The van der Waals surface area contributed by atoms with Gasteiger partial charge in [0.25, 0.3) is 0 Å². The predicted octanol–water partition coefficient (Wildman–Crippen LogP) is 3.95. The van der Waals surface area contributed by atoms with Crippen LogP contribution in [-0.4, -0.2) is 32.1 Å². The zero-order valence-electron chi connectivity index (χ0n) is 16.2. The highest BCUT2D eigenvalue weighted by molar-refractivity contribution is 5.90. The zero-order chi connectivity index (χ0) is 20.9. The van der Waals surface area contributed by atoms with Gasteiger partial charge in [-0.1, -0.05) is 24.3 Å². The molecule has 152 valence electrons. The molecule has 4 rings (SSSR count). The molecule has 0 unspecified atom stereocenters. The highest BCUT2D eigenvalue weighted by Crippen LogP contribution is 2.22. The Labute approximate surface area is 172 Å². The summed E-state index contributed by atoms with van der Waals surface area (Å²) in [6, 6.07) is 17.3. The second kappa shape index (κ2) is 8.60. The van der Waals surface area contributed by atoms with Crippen molar-refractivity contribution < 1.29 is 18.7 Å². The van der Waals surface area contributed by atoms with Crippen molar-refractivity contribution in [3.05, 3.63) is 90.3 Å². The van der Waals surface area contributed by atoms with E-state index in [9.17, 15) is 9.18 Å². The second-order valence-corrected chi connectivity index (χ2v) is 6.36. The summed E-state index contributed by atoms with van der Waals surface area (Å²) in [5, 5.41) is 8.72. The number of hydrogen-bond donors (Lipinski definition) is 0. The predicted molar refractivity (Wildman–Crippen MR) is 107 cm³/mol. The van der Waals surface area contributed by atoms with Crippen LogP contribution >= 0.6 is 0 Å². The van der Waals surface area contributed by atoms with Crippen LogP contribution in [0.15, 0.2) is 73.1 Å². The number of aromatic nitrogens is 4. The molecule has 2 aromatic heterocycles. The summed E-state index contributed by atoms with van der Waals surface area (Å²) < 4.78 is 27.5. The molecule has 8 heteroatoms. The summed E-state index contributed by atoms with van der Waals surface area (Å²) >= 11 is 0. The Hall–Kier alpha value is -3.94. The molecular formula is C22H19FN4O3. The Morgan fingerprint density at radius 3 is 2.57 bits per heavy atom. The minimum absolute atomic E-state index is 0.0882. The van der Waals surface area contributed by atoms with E-state index in [4.69, 9.17) is 9.47 Å². The first-order valence-electron chi connectivity index (χ1n) is 9.39. The molecule has 0 radical (unpaired) electrons.